The summed E-state index contributed by atoms with van der Waals surface area (Å²) >= 11 is 6.18. The van der Waals surface area contributed by atoms with Gasteiger partial charge in [0, 0.05) is 10.4 Å². The van der Waals surface area contributed by atoms with Gasteiger partial charge in [0.05, 0.1) is 11.1 Å². The van der Waals surface area contributed by atoms with Gasteiger partial charge in [0.1, 0.15) is 18.4 Å². The van der Waals surface area contributed by atoms with Crippen molar-refractivity contribution in [3.05, 3.63) is 76.3 Å². The van der Waals surface area contributed by atoms with E-state index >= 15 is 0 Å². The van der Waals surface area contributed by atoms with Crippen LogP contribution in [0.1, 0.15) is 55.1 Å². The number of carbonyl (C=O) groups excluding carboxylic acids is 1. The van der Waals surface area contributed by atoms with Crippen LogP contribution in [0.3, 0.4) is 0 Å². The minimum atomic E-state index is -4.46. The van der Waals surface area contributed by atoms with Crippen LogP contribution in [0.2, 0.25) is 5.02 Å². The van der Waals surface area contributed by atoms with Crippen molar-refractivity contribution in [2.45, 2.75) is 52.4 Å². The fraction of sp³-hybridized carbons (Fsp3) is 0.333. The van der Waals surface area contributed by atoms with E-state index in [9.17, 15) is 27.9 Å². The summed E-state index contributed by atoms with van der Waals surface area (Å²) in [6.07, 6.45) is -3.14. The van der Waals surface area contributed by atoms with Gasteiger partial charge in [0.2, 0.25) is 0 Å². The number of halogens is 4. The molecule has 0 bridgehead atoms. The third kappa shape index (κ3) is 6.29. The number of nitrogens with one attached hydrogen (secondary N) is 1. The maximum atomic E-state index is 13.3. The SMILES string of the molecule is CCCC(C)(C)C(NC(=O)c1ccc2ccc(Cl)cc2c1OCc1ccc(C(F)(F)F)cc1)C(=O)O. The summed E-state index contributed by atoms with van der Waals surface area (Å²) in [5.74, 6) is -1.64. The highest BCUT2D eigenvalue weighted by Crippen LogP contribution is 2.34. The van der Waals surface area contributed by atoms with Gasteiger partial charge in [-0.05, 0) is 53.1 Å². The first-order chi connectivity index (χ1) is 16.8. The number of carboxylic acid groups (broad SMARTS) is 1. The van der Waals surface area contributed by atoms with Gasteiger partial charge in [-0.15, -0.1) is 0 Å². The quantitative estimate of drug-likeness (QED) is 0.315. The van der Waals surface area contributed by atoms with E-state index < -0.39 is 35.1 Å². The Balaban J connectivity index is 1.97. The van der Waals surface area contributed by atoms with Crippen LogP contribution in [0.4, 0.5) is 13.2 Å². The summed E-state index contributed by atoms with van der Waals surface area (Å²) in [5.41, 5.74) is -0.939. The lowest BCUT2D eigenvalue weighted by Crippen LogP contribution is -2.50. The molecule has 0 aliphatic rings. The van der Waals surface area contributed by atoms with Gasteiger partial charge < -0.3 is 15.2 Å². The Bertz CT molecular complexity index is 1260. The molecule has 0 aliphatic carbocycles. The van der Waals surface area contributed by atoms with Crippen LogP contribution in [0.15, 0.2) is 54.6 Å². The minimum absolute atomic E-state index is 0.0928. The number of rotatable bonds is 9. The van der Waals surface area contributed by atoms with Crippen molar-refractivity contribution >= 4 is 34.2 Å². The van der Waals surface area contributed by atoms with Crippen molar-refractivity contribution in [2.24, 2.45) is 5.41 Å². The molecule has 3 rings (SSSR count). The molecule has 1 amide bonds. The summed E-state index contributed by atoms with van der Waals surface area (Å²) in [7, 11) is 0. The summed E-state index contributed by atoms with van der Waals surface area (Å²) < 4.78 is 44.6. The number of amides is 1. The van der Waals surface area contributed by atoms with Gasteiger partial charge >= 0.3 is 12.1 Å². The highest BCUT2D eigenvalue weighted by Gasteiger charge is 2.36. The number of ether oxygens (including phenoxy) is 1. The van der Waals surface area contributed by atoms with E-state index in [2.05, 4.69) is 5.32 Å². The predicted octanol–water partition coefficient (Wildman–Crippen LogP) is 7.10. The highest BCUT2D eigenvalue weighted by molar-refractivity contribution is 6.31. The number of aliphatic carboxylic acids is 1. The fourth-order valence-electron chi connectivity index (χ4n) is 4.13. The van der Waals surface area contributed by atoms with Gasteiger partial charge in [-0.25, -0.2) is 4.79 Å². The zero-order valence-electron chi connectivity index (χ0n) is 20.1. The first-order valence-electron chi connectivity index (χ1n) is 11.4. The van der Waals surface area contributed by atoms with Gasteiger partial charge in [-0.1, -0.05) is 63.1 Å². The van der Waals surface area contributed by atoms with Crippen molar-refractivity contribution < 1.29 is 32.6 Å². The molecule has 0 heterocycles. The Morgan fingerprint density at radius 3 is 2.28 bits per heavy atom. The monoisotopic (exact) mass is 521 g/mol. The maximum Gasteiger partial charge on any atom is 0.416 e. The lowest BCUT2D eigenvalue weighted by atomic mass is 9.80. The number of alkyl halides is 3. The van der Waals surface area contributed by atoms with Gasteiger partial charge in [-0.2, -0.15) is 13.2 Å². The van der Waals surface area contributed by atoms with E-state index in [4.69, 9.17) is 16.3 Å². The molecular formula is C27H27ClF3NO4. The van der Waals surface area contributed by atoms with Crippen molar-refractivity contribution in [3.8, 4) is 5.75 Å². The lowest BCUT2D eigenvalue weighted by Gasteiger charge is -2.32. The summed E-state index contributed by atoms with van der Waals surface area (Å²) in [4.78, 5) is 25.3. The van der Waals surface area contributed by atoms with Crippen LogP contribution in [-0.4, -0.2) is 23.0 Å². The fourth-order valence-corrected chi connectivity index (χ4v) is 4.31. The molecule has 9 heteroatoms. The predicted molar refractivity (Wildman–Crippen MR) is 132 cm³/mol. The van der Waals surface area contributed by atoms with Crippen molar-refractivity contribution in [1.82, 2.24) is 5.32 Å². The smallest absolute Gasteiger partial charge is 0.416 e. The molecule has 2 N–H and O–H groups in total. The molecule has 0 spiro atoms. The van der Waals surface area contributed by atoms with Crippen molar-refractivity contribution in [1.29, 1.82) is 0 Å². The Kier molecular flexibility index (Phi) is 8.19. The normalized spacial score (nSPS) is 12.9. The number of carboxylic acids is 1. The molecule has 3 aromatic carbocycles. The highest BCUT2D eigenvalue weighted by atomic mass is 35.5. The maximum absolute atomic E-state index is 13.3. The van der Waals surface area contributed by atoms with Gasteiger partial charge in [0.15, 0.2) is 0 Å². The van der Waals surface area contributed by atoms with Crippen LogP contribution in [0.5, 0.6) is 5.75 Å². The van der Waals surface area contributed by atoms with Crippen LogP contribution < -0.4 is 10.1 Å². The average molecular weight is 522 g/mol. The first-order valence-corrected chi connectivity index (χ1v) is 11.8. The van der Waals surface area contributed by atoms with Crippen LogP contribution in [-0.2, 0) is 17.6 Å². The minimum Gasteiger partial charge on any atom is -0.487 e. The number of fused-ring (bicyclic) bond motifs is 1. The number of hydrogen-bond acceptors (Lipinski definition) is 3. The molecule has 3 aromatic rings. The summed E-state index contributed by atoms with van der Waals surface area (Å²) in [5, 5.41) is 14.1. The zero-order valence-corrected chi connectivity index (χ0v) is 20.8. The van der Waals surface area contributed by atoms with Crippen LogP contribution >= 0.6 is 11.6 Å². The molecule has 0 aliphatic heterocycles. The largest absolute Gasteiger partial charge is 0.487 e. The molecule has 0 fully saturated rings. The van der Waals surface area contributed by atoms with Gasteiger partial charge in [-0.3, -0.25) is 4.79 Å². The molecule has 0 radical (unpaired) electrons. The molecule has 192 valence electrons. The zero-order chi connectivity index (χ0) is 26.7. The van der Waals surface area contributed by atoms with Crippen LogP contribution in [0.25, 0.3) is 10.8 Å². The third-order valence-corrected chi connectivity index (χ3v) is 6.28. The second-order valence-electron chi connectivity index (χ2n) is 9.27. The molecule has 36 heavy (non-hydrogen) atoms. The lowest BCUT2D eigenvalue weighted by molar-refractivity contribution is -0.142. The molecular weight excluding hydrogens is 495 g/mol. The van der Waals surface area contributed by atoms with E-state index in [1.54, 1.807) is 38.1 Å². The second kappa shape index (κ2) is 10.8. The standard InChI is InChI=1S/C27H27ClF3NO4/c1-4-13-26(2,3)23(25(34)35)32-24(33)20-12-8-17-7-11-19(28)14-21(17)22(20)36-15-16-5-9-18(10-6-16)27(29,30)31/h5-12,14,23H,4,13,15H2,1-3H3,(H,32,33)(H,34,35). The first kappa shape index (κ1) is 27.3. The Morgan fingerprint density at radius 1 is 1.06 bits per heavy atom. The van der Waals surface area contributed by atoms with E-state index in [-0.39, 0.29) is 17.9 Å². The van der Waals surface area contributed by atoms with E-state index in [1.165, 1.54) is 18.2 Å². The molecule has 0 saturated heterocycles. The molecule has 1 atom stereocenters. The van der Waals surface area contributed by atoms with Gasteiger partial charge in [0.25, 0.3) is 5.91 Å². The van der Waals surface area contributed by atoms with E-state index in [0.717, 1.165) is 23.9 Å². The van der Waals surface area contributed by atoms with Crippen molar-refractivity contribution in [3.63, 3.8) is 0 Å². The molecule has 5 nitrogen and oxygen atoms in total. The third-order valence-electron chi connectivity index (χ3n) is 6.04. The summed E-state index contributed by atoms with van der Waals surface area (Å²) in [6.45, 7) is 5.37. The number of carbonyl (C=O) groups is 2. The Morgan fingerprint density at radius 2 is 1.69 bits per heavy atom. The Labute approximate surface area is 212 Å². The number of benzene rings is 3. The van der Waals surface area contributed by atoms with E-state index in [0.29, 0.717) is 22.4 Å². The summed E-state index contributed by atoms with van der Waals surface area (Å²) in [6, 6.07) is 11.6. The number of hydrogen-bond donors (Lipinski definition) is 2. The topological polar surface area (TPSA) is 75.6 Å². The average Bonchev–Trinajstić information content (AvgIpc) is 2.80. The molecule has 0 aromatic heterocycles. The van der Waals surface area contributed by atoms with E-state index in [1.807, 2.05) is 6.92 Å². The molecule has 0 saturated carbocycles. The second-order valence-corrected chi connectivity index (χ2v) is 9.71. The van der Waals surface area contributed by atoms with Crippen molar-refractivity contribution in [2.75, 3.05) is 0 Å². The molecule has 1 unspecified atom stereocenters. The van der Waals surface area contributed by atoms with Crippen LogP contribution in [0, 0.1) is 5.41 Å². The Hall–Kier alpha value is -3.26.